The number of anilines is 1. The van der Waals surface area contributed by atoms with Gasteiger partial charge in [0.2, 0.25) is 0 Å². The summed E-state index contributed by atoms with van der Waals surface area (Å²) in [5, 5.41) is 1.94. The number of imide groups is 1. The van der Waals surface area contributed by atoms with Crippen molar-refractivity contribution in [3.05, 3.63) is 52.4 Å². The van der Waals surface area contributed by atoms with Crippen LogP contribution in [0.2, 0.25) is 0 Å². The normalized spacial score (nSPS) is 18.4. The lowest BCUT2D eigenvalue weighted by Gasteiger charge is -2.32. The molecule has 3 heterocycles. The Morgan fingerprint density at radius 3 is 2.57 bits per heavy atom. The van der Waals surface area contributed by atoms with Crippen LogP contribution in [0.25, 0.3) is 5.57 Å². The molecular weight excluding hydrogens is 372 g/mol. The Kier molecular flexibility index (Phi) is 5.22. The summed E-state index contributed by atoms with van der Waals surface area (Å²) in [5.41, 5.74) is 1.62. The van der Waals surface area contributed by atoms with E-state index in [0.717, 1.165) is 30.8 Å². The monoisotopic (exact) mass is 396 g/mol. The molecule has 2 aliphatic heterocycles. The van der Waals surface area contributed by atoms with E-state index < -0.39 is 0 Å². The number of likely N-dealkylation sites (tertiary alicyclic amines) is 1. The number of rotatable bonds is 5. The summed E-state index contributed by atoms with van der Waals surface area (Å²) in [7, 11) is 0. The summed E-state index contributed by atoms with van der Waals surface area (Å²) in [6, 6.07) is 11.0. The van der Waals surface area contributed by atoms with E-state index in [-0.39, 0.29) is 11.8 Å². The molecular formula is C22H24N2O3S. The number of piperidine rings is 1. The number of carbonyl (C=O) groups excluding carboxylic acids is 2. The van der Waals surface area contributed by atoms with E-state index in [9.17, 15) is 9.59 Å². The second kappa shape index (κ2) is 7.80. The summed E-state index contributed by atoms with van der Waals surface area (Å²) in [6.45, 7) is 6.28. The van der Waals surface area contributed by atoms with Gasteiger partial charge in [0.1, 0.15) is 11.4 Å². The molecule has 1 fully saturated rings. The molecule has 2 aromatic rings. The molecule has 0 saturated carbocycles. The van der Waals surface area contributed by atoms with E-state index in [1.54, 1.807) is 12.1 Å². The van der Waals surface area contributed by atoms with Crippen molar-refractivity contribution >= 4 is 34.4 Å². The van der Waals surface area contributed by atoms with Gasteiger partial charge in [0.05, 0.1) is 17.9 Å². The van der Waals surface area contributed by atoms with Crippen molar-refractivity contribution in [1.29, 1.82) is 0 Å². The van der Waals surface area contributed by atoms with Gasteiger partial charge < -0.3 is 9.64 Å². The van der Waals surface area contributed by atoms with Gasteiger partial charge >= 0.3 is 0 Å². The van der Waals surface area contributed by atoms with Crippen LogP contribution in [0.5, 0.6) is 5.75 Å². The zero-order valence-electron chi connectivity index (χ0n) is 16.2. The van der Waals surface area contributed by atoms with Gasteiger partial charge in [-0.25, -0.2) is 4.90 Å². The third kappa shape index (κ3) is 3.33. The standard InChI is InChI=1S/C22H24N2O3S/c1-3-27-17-7-4-6-16(14-17)24-21(25)19(18-8-5-13-28-18)20(22(24)26)23-11-9-15(2)10-12-23/h4-8,13-15H,3,9-12H2,1-2H3. The molecule has 1 saturated heterocycles. The van der Waals surface area contributed by atoms with Crippen LogP contribution in [0.3, 0.4) is 0 Å². The third-order valence-electron chi connectivity index (χ3n) is 5.31. The Hall–Kier alpha value is -2.60. The van der Waals surface area contributed by atoms with Crippen LogP contribution in [-0.4, -0.2) is 36.4 Å². The van der Waals surface area contributed by atoms with Crippen molar-refractivity contribution in [3.8, 4) is 5.75 Å². The predicted molar refractivity (Wildman–Crippen MR) is 111 cm³/mol. The Bertz CT molecular complexity index is 912. The van der Waals surface area contributed by atoms with E-state index in [0.29, 0.717) is 35.2 Å². The molecule has 0 radical (unpaired) electrons. The first-order valence-electron chi connectivity index (χ1n) is 9.75. The number of carbonyl (C=O) groups is 2. The molecule has 0 aliphatic carbocycles. The Morgan fingerprint density at radius 1 is 1.11 bits per heavy atom. The third-order valence-corrected chi connectivity index (χ3v) is 6.20. The van der Waals surface area contributed by atoms with Gasteiger partial charge in [0, 0.05) is 24.0 Å². The quantitative estimate of drug-likeness (QED) is 0.712. The number of ether oxygens (including phenoxy) is 1. The average Bonchev–Trinajstić information content (AvgIpc) is 3.29. The van der Waals surface area contributed by atoms with Crippen LogP contribution in [-0.2, 0) is 9.59 Å². The van der Waals surface area contributed by atoms with Crippen LogP contribution in [0.1, 0.15) is 31.6 Å². The molecule has 28 heavy (non-hydrogen) atoms. The lowest BCUT2D eigenvalue weighted by molar-refractivity contribution is -0.120. The molecule has 1 aromatic heterocycles. The molecule has 0 atom stereocenters. The fraction of sp³-hybridized carbons (Fsp3) is 0.364. The van der Waals surface area contributed by atoms with Gasteiger partial charge in [-0.2, -0.15) is 0 Å². The van der Waals surface area contributed by atoms with Crippen molar-refractivity contribution in [1.82, 2.24) is 4.90 Å². The molecule has 2 aliphatic rings. The number of amides is 2. The summed E-state index contributed by atoms with van der Waals surface area (Å²) >= 11 is 1.49. The predicted octanol–water partition coefficient (Wildman–Crippen LogP) is 4.16. The molecule has 6 heteroatoms. The highest BCUT2D eigenvalue weighted by Gasteiger charge is 2.43. The number of benzene rings is 1. The second-order valence-corrected chi connectivity index (χ2v) is 8.19. The van der Waals surface area contributed by atoms with E-state index in [4.69, 9.17) is 4.74 Å². The van der Waals surface area contributed by atoms with E-state index >= 15 is 0 Å². The van der Waals surface area contributed by atoms with Crippen LogP contribution in [0.15, 0.2) is 47.5 Å². The van der Waals surface area contributed by atoms with Gasteiger partial charge in [-0.05, 0) is 49.3 Å². The Morgan fingerprint density at radius 2 is 1.89 bits per heavy atom. The lowest BCUT2D eigenvalue weighted by Crippen LogP contribution is -2.38. The number of hydrogen-bond acceptors (Lipinski definition) is 5. The smallest absolute Gasteiger partial charge is 0.282 e. The lowest BCUT2D eigenvalue weighted by atomic mass is 9.98. The first-order valence-corrected chi connectivity index (χ1v) is 10.6. The van der Waals surface area contributed by atoms with Gasteiger partial charge in [0.15, 0.2) is 0 Å². The van der Waals surface area contributed by atoms with Gasteiger partial charge in [-0.1, -0.05) is 19.1 Å². The maximum absolute atomic E-state index is 13.4. The first kappa shape index (κ1) is 18.7. The summed E-state index contributed by atoms with van der Waals surface area (Å²) in [5.74, 6) is 0.804. The molecule has 5 nitrogen and oxygen atoms in total. The second-order valence-electron chi connectivity index (χ2n) is 7.25. The molecule has 2 amide bonds. The minimum atomic E-state index is -0.255. The topological polar surface area (TPSA) is 49.9 Å². The minimum Gasteiger partial charge on any atom is -0.494 e. The maximum atomic E-state index is 13.4. The average molecular weight is 397 g/mol. The molecule has 4 rings (SSSR count). The van der Waals surface area contributed by atoms with Crippen molar-refractivity contribution < 1.29 is 14.3 Å². The molecule has 0 spiro atoms. The fourth-order valence-electron chi connectivity index (χ4n) is 3.80. The molecule has 0 N–H and O–H groups in total. The van der Waals surface area contributed by atoms with Crippen molar-refractivity contribution in [2.45, 2.75) is 26.7 Å². The number of hydrogen-bond donors (Lipinski definition) is 0. The summed E-state index contributed by atoms with van der Waals surface area (Å²) in [4.78, 5) is 31.1. The maximum Gasteiger partial charge on any atom is 0.282 e. The zero-order chi connectivity index (χ0) is 19.7. The van der Waals surface area contributed by atoms with Crippen LogP contribution in [0.4, 0.5) is 5.69 Å². The highest BCUT2D eigenvalue weighted by molar-refractivity contribution is 7.11. The van der Waals surface area contributed by atoms with Crippen LogP contribution < -0.4 is 9.64 Å². The van der Waals surface area contributed by atoms with E-state index in [1.807, 2.05) is 36.6 Å². The van der Waals surface area contributed by atoms with Crippen LogP contribution in [0, 0.1) is 5.92 Å². The van der Waals surface area contributed by atoms with Crippen molar-refractivity contribution in [2.75, 3.05) is 24.6 Å². The molecule has 1 aromatic carbocycles. The minimum absolute atomic E-state index is 0.239. The largest absolute Gasteiger partial charge is 0.494 e. The van der Waals surface area contributed by atoms with E-state index in [2.05, 4.69) is 11.8 Å². The summed E-state index contributed by atoms with van der Waals surface area (Å²) in [6.07, 6.45) is 2.06. The number of thiophene rings is 1. The molecule has 146 valence electrons. The van der Waals surface area contributed by atoms with E-state index in [1.165, 1.54) is 16.2 Å². The highest BCUT2D eigenvalue weighted by atomic mass is 32.1. The molecule has 0 unspecified atom stereocenters. The number of nitrogens with zero attached hydrogens (tertiary/aromatic N) is 2. The van der Waals surface area contributed by atoms with Crippen LogP contribution >= 0.6 is 11.3 Å². The van der Waals surface area contributed by atoms with Gasteiger partial charge in [-0.3, -0.25) is 9.59 Å². The van der Waals surface area contributed by atoms with Crippen molar-refractivity contribution in [3.63, 3.8) is 0 Å². The van der Waals surface area contributed by atoms with Crippen molar-refractivity contribution in [2.24, 2.45) is 5.92 Å². The van der Waals surface area contributed by atoms with Gasteiger partial charge in [0.25, 0.3) is 11.8 Å². The fourth-order valence-corrected chi connectivity index (χ4v) is 4.56. The zero-order valence-corrected chi connectivity index (χ0v) is 17.0. The Labute approximate surface area is 169 Å². The molecule has 0 bridgehead atoms. The summed E-state index contributed by atoms with van der Waals surface area (Å²) < 4.78 is 5.56. The van der Waals surface area contributed by atoms with Gasteiger partial charge in [-0.15, -0.1) is 11.3 Å². The Balaban J connectivity index is 1.75. The highest BCUT2D eigenvalue weighted by Crippen LogP contribution is 2.38. The first-order chi connectivity index (χ1) is 13.6. The SMILES string of the molecule is CCOc1cccc(N2C(=O)C(c3cccs3)=C(N3CCC(C)CC3)C2=O)c1.